The standard InChI is InChI=1S/C12H20N2OS/c1-8(2)10-4-5-14(7-10)12-13-6-11(16-12)9(3)15/h6,8-10,15H,4-5,7H2,1-3H3. The second-order valence-electron chi connectivity index (χ2n) is 4.96. The first-order valence-corrected chi connectivity index (χ1v) is 6.78. The van der Waals surface area contributed by atoms with Gasteiger partial charge in [-0.15, -0.1) is 0 Å². The van der Waals surface area contributed by atoms with Crippen LogP contribution in [0.4, 0.5) is 5.13 Å². The Labute approximate surface area is 101 Å². The van der Waals surface area contributed by atoms with Gasteiger partial charge in [0.15, 0.2) is 5.13 Å². The molecule has 2 unspecified atom stereocenters. The van der Waals surface area contributed by atoms with Crippen molar-refractivity contribution < 1.29 is 5.11 Å². The van der Waals surface area contributed by atoms with E-state index in [0.717, 1.165) is 34.9 Å². The Morgan fingerprint density at radius 1 is 1.50 bits per heavy atom. The van der Waals surface area contributed by atoms with E-state index in [1.807, 2.05) is 0 Å². The monoisotopic (exact) mass is 240 g/mol. The van der Waals surface area contributed by atoms with Gasteiger partial charge in [-0.25, -0.2) is 4.98 Å². The predicted molar refractivity (Wildman–Crippen MR) is 67.9 cm³/mol. The molecule has 1 aromatic heterocycles. The van der Waals surface area contributed by atoms with Gasteiger partial charge in [0.25, 0.3) is 0 Å². The lowest BCUT2D eigenvalue weighted by Crippen LogP contribution is -2.20. The quantitative estimate of drug-likeness (QED) is 0.882. The van der Waals surface area contributed by atoms with Crippen LogP contribution in [0.25, 0.3) is 0 Å². The van der Waals surface area contributed by atoms with Gasteiger partial charge in [0, 0.05) is 19.3 Å². The molecule has 1 saturated heterocycles. The highest BCUT2D eigenvalue weighted by Crippen LogP contribution is 2.32. The molecule has 0 aliphatic carbocycles. The van der Waals surface area contributed by atoms with Gasteiger partial charge in [-0.1, -0.05) is 25.2 Å². The van der Waals surface area contributed by atoms with Crippen LogP contribution in [0.5, 0.6) is 0 Å². The van der Waals surface area contributed by atoms with Crippen molar-refractivity contribution in [2.45, 2.75) is 33.3 Å². The van der Waals surface area contributed by atoms with Gasteiger partial charge in [0.2, 0.25) is 0 Å². The maximum Gasteiger partial charge on any atom is 0.185 e. The van der Waals surface area contributed by atoms with Crippen molar-refractivity contribution in [2.75, 3.05) is 18.0 Å². The van der Waals surface area contributed by atoms with Crippen molar-refractivity contribution >= 4 is 16.5 Å². The number of hydrogen-bond donors (Lipinski definition) is 1. The molecule has 2 heterocycles. The Morgan fingerprint density at radius 3 is 2.75 bits per heavy atom. The zero-order valence-electron chi connectivity index (χ0n) is 10.2. The maximum absolute atomic E-state index is 9.47. The second kappa shape index (κ2) is 4.72. The summed E-state index contributed by atoms with van der Waals surface area (Å²) in [4.78, 5) is 7.71. The molecule has 0 radical (unpaired) electrons. The van der Waals surface area contributed by atoms with Crippen LogP contribution in [-0.2, 0) is 0 Å². The van der Waals surface area contributed by atoms with Crippen molar-refractivity contribution in [3.63, 3.8) is 0 Å². The third-order valence-corrected chi connectivity index (χ3v) is 4.59. The molecule has 0 aromatic carbocycles. The second-order valence-corrected chi connectivity index (χ2v) is 6.00. The highest BCUT2D eigenvalue weighted by molar-refractivity contribution is 7.15. The lowest BCUT2D eigenvalue weighted by molar-refractivity contribution is 0.203. The molecule has 16 heavy (non-hydrogen) atoms. The van der Waals surface area contributed by atoms with Crippen LogP contribution in [0.2, 0.25) is 0 Å². The largest absolute Gasteiger partial charge is 0.388 e. The number of nitrogens with zero attached hydrogens (tertiary/aromatic N) is 2. The van der Waals surface area contributed by atoms with E-state index in [9.17, 15) is 5.11 Å². The Morgan fingerprint density at radius 2 is 2.25 bits per heavy atom. The molecule has 0 amide bonds. The molecule has 3 nitrogen and oxygen atoms in total. The van der Waals surface area contributed by atoms with E-state index in [1.54, 1.807) is 24.5 Å². The molecule has 0 saturated carbocycles. The minimum atomic E-state index is -0.394. The Bertz CT molecular complexity index is 349. The van der Waals surface area contributed by atoms with Crippen LogP contribution >= 0.6 is 11.3 Å². The van der Waals surface area contributed by atoms with Crippen molar-refractivity contribution in [1.29, 1.82) is 0 Å². The molecular weight excluding hydrogens is 220 g/mol. The number of thiazole rings is 1. The number of rotatable bonds is 3. The van der Waals surface area contributed by atoms with E-state index in [4.69, 9.17) is 0 Å². The Hall–Kier alpha value is -0.610. The van der Waals surface area contributed by atoms with E-state index in [1.165, 1.54) is 6.42 Å². The molecule has 1 aromatic rings. The normalized spacial score (nSPS) is 23.1. The summed E-state index contributed by atoms with van der Waals surface area (Å²) in [6.07, 6.45) is 2.67. The van der Waals surface area contributed by atoms with Crippen molar-refractivity contribution in [3.05, 3.63) is 11.1 Å². The van der Waals surface area contributed by atoms with Gasteiger partial charge >= 0.3 is 0 Å². The lowest BCUT2D eigenvalue weighted by atomic mass is 9.95. The highest BCUT2D eigenvalue weighted by atomic mass is 32.1. The van der Waals surface area contributed by atoms with E-state index >= 15 is 0 Å². The van der Waals surface area contributed by atoms with Crippen molar-refractivity contribution in [3.8, 4) is 0 Å². The van der Waals surface area contributed by atoms with Gasteiger partial charge in [-0.05, 0) is 25.2 Å². The van der Waals surface area contributed by atoms with Crippen LogP contribution in [0.3, 0.4) is 0 Å². The fourth-order valence-electron chi connectivity index (χ4n) is 2.12. The van der Waals surface area contributed by atoms with Gasteiger partial charge in [-0.2, -0.15) is 0 Å². The molecule has 1 aliphatic heterocycles. The summed E-state index contributed by atoms with van der Waals surface area (Å²) >= 11 is 1.62. The summed E-state index contributed by atoms with van der Waals surface area (Å²) in [5.74, 6) is 1.54. The average molecular weight is 240 g/mol. The van der Waals surface area contributed by atoms with Crippen LogP contribution < -0.4 is 4.90 Å². The van der Waals surface area contributed by atoms with Crippen LogP contribution in [0, 0.1) is 11.8 Å². The third kappa shape index (κ3) is 2.38. The van der Waals surface area contributed by atoms with Crippen molar-refractivity contribution in [2.24, 2.45) is 11.8 Å². The maximum atomic E-state index is 9.47. The minimum Gasteiger partial charge on any atom is -0.388 e. The summed E-state index contributed by atoms with van der Waals surface area (Å²) in [6, 6.07) is 0. The van der Waals surface area contributed by atoms with E-state index in [2.05, 4.69) is 23.7 Å². The fourth-order valence-corrected chi connectivity index (χ4v) is 3.01. The zero-order chi connectivity index (χ0) is 11.7. The summed E-state index contributed by atoms with van der Waals surface area (Å²) in [6.45, 7) is 8.59. The van der Waals surface area contributed by atoms with Gasteiger partial charge < -0.3 is 10.0 Å². The first-order chi connectivity index (χ1) is 7.58. The molecule has 0 bridgehead atoms. The molecule has 1 fully saturated rings. The highest BCUT2D eigenvalue weighted by Gasteiger charge is 2.26. The number of aliphatic hydroxyl groups is 1. The van der Waals surface area contributed by atoms with E-state index in [0.29, 0.717) is 0 Å². The van der Waals surface area contributed by atoms with Gasteiger partial charge in [0.1, 0.15) is 0 Å². The minimum absolute atomic E-state index is 0.394. The first kappa shape index (κ1) is 11.9. The average Bonchev–Trinajstić information content (AvgIpc) is 2.86. The first-order valence-electron chi connectivity index (χ1n) is 5.96. The summed E-state index contributed by atoms with van der Waals surface area (Å²) < 4.78 is 0. The summed E-state index contributed by atoms with van der Waals surface area (Å²) in [7, 11) is 0. The zero-order valence-corrected chi connectivity index (χ0v) is 11.0. The Kier molecular flexibility index (Phi) is 3.50. The van der Waals surface area contributed by atoms with E-state index < -0.39 is 6.10 Å². The number of aromatic nitrogens is 1. The summed E-state index contributed by atoms with van der Waals surface area (Å²) in [5.41, 5.74) is 0. The fraction of sp³-hybridized carbons (Fsp3) is 0.750. The van der Waals surface area contributed by atoms with Crippen LogP contribution in [0.15, 0.2) is 6.20 Å². The Balaban J connectivity index is 2.03. The molecule has 2 rings (SSSR count). The molecule has 2 atom stereocenters. The number of anilines is 1. The molecular formula is C12H20N2OS. The predicted octanol–water partition coefficient (Wildman–Crippen LogP) is 2.68. The molecule has 0 spiro atoms. The molecule has 4 heteroatoms. The van der Waals surface area contributed by atoms with Crippen molar-refractivity contribution in [1.82, 2.24) is 4.98 Å². The van der Waals surface area contributed by atoms with Gasteiger partial charge in [-0.3, -0.25) is 0 Å². The molecule has 1 N–H and O–H groups in total. The SMILES string of the molecule is CC(O)c1cnc(N2CCC(C(C)C)C2)s1. The molecule has 90 valence electrons. The van der Waals surface area contributed by atoms with Gasteiger partial charge in [0.05, 0.1) is 11.0 Å². The smallest absolute Gasteiger partial charge is 0.185 e. The van der Waals surface area contributed by atoms with Crippen LogP contribution in [0.1, 0.15) is 38.2 Å². The lowest BCUT2D eigenvalue weighted by Gasteiger charge is -2.16. The number of aliphatic hydroxyl groups excluding tert-OH is 1. The van der Waals surface area contributed by atoms with Crippen LogP contribution in [-0.4, -0.2) is 23.2 Å². The molecule has 1 aliphatic rings. The topological polar surface area (TPSA) is 36.4 Å². The number of hydrogen-bond acceptors (Lipinski definition) is 4. The summed E-state index contributed by atoms with van der Waals surface area (Å²) in [5, 5.41) is 10.5. The van der Waals surface area contributed by atoms with E-state index in [-0.39, 0.29) is 0 Å². The third-order valence-electron chi connectivity index (χ3n) is 3.36.